The third kappa shape index (κ3) is 3.22. The molecule has 0 bridgehead atoms. The average Bonchev–Trinajstić information content (AvgIpc) is 2.85. The summed E-state index contributed by atoms with van der Waals surface area (Å²) in [6, 6.07) is 5.91. The monoisotopic (exact) mass is 280 g/mol. The van der Waals surface area contributed by atoms with Crippen LogP contribution in [0.1, 0.15) is 5.01 Å². The van der Waals surface area contributed by atoms with Crippen LogP contribution in [-0.4, -0.2) is 26.3 Å². The molecule has 2 aromatic rings. The van der Waals surface area contributed by atoms with Crippen LogP contribution in [0.25, 0.3) is 10.6 Å². The summed E-state index contributed by atoms with van der Waals surface area (Å²) in [6.45, 7) is 0.0833. The third-order valence-electron chi connectivity index (χ3n) is 2.18. The van der Waals surface area contributed by atoms with Gasteiger partial charge in [0.1, 0.15) is 10.0 Å². The lowest BCUT2D eigenvalue weighted by Gasteiger charge is -1.95. The predicted octanol–water partition coefficient (Wildman–Crippen LogP) is 1.88. The first-order chi connectivity index (χ1) is 9.06. The molecular weight excluding hydrogens is 272 g/mol. The van der Waals surface area contributed by atoms with Crippen molar-refractivity contribution in [1.82, 2.24) is 15.5 Å². The molecule has 0 fully saturated rings. The molecule has 0 aliphatic carbocycles. The molecule has 1 heterocycles. The maximum atomic E-state index is 10.5. The van der Waals surface area contributed by atoms with E-state index < -0.39 is 11.0 Å². The highest BCUT2D eigenvalue weighted by molar-refractivity contribution is 7.14. The van der Waals surface area contributed by atoms with Gasteiger partial charge in [-0.15, -0.1) is 10.2 Å². The average molecular weight is 280 g/mol. The Labute approximate surface area is 110 Å². The van der Waals surface area contributed by atoms with Crippen LogP contribution in [-0.2, 0) is 6.54 Å². The number of nitro groups is 1. The van der Waals surface area contributed by atoms with Crippen molar-refractivity contribution in [1.29, 1.82) is 0 Å². The molecule has 9 heteroatoms. The van der Waals surface area contributed by atoms with Crippen molar-refractivity contribution in [2.24, 2.45) is 0 Å². The normalized spacial score (nSPS) is 10.1. The highest BCUT2D eigenvalue weighted by Crippen LogP contribution is 2.25. The lowest BCUT2D eigenvalue weighted by Crippen LogP contribution is -2.19. The molecule has 1 amide bonds. The number of non-ortho nitro benzene ring substituents is 1. The number of amides is 1. The third-order valence-corrected chi connectivity index (χ3v) is 3.16. The molecule has 8 nitrogen and oxygen atoms in total. The Kier molecular flexibility index (Phi) is 3.66. The zero-order valence-electron chi connectivity index (χ0n) is 9.44. The largest absolute Gasteiger partial charge is 0.465 e. The van der Waals surface area contributed by atoms with Gasteiger partial charge in [0.2, 0.25) is 0 Å². The fourth-order valence-corrected chi connectivity index (χ4v) is 2.10. The van der Waals surface area contributed by atoms with Crippen molar-refractivity contribution in [3.05, 3.63) is 39.4 Å². The highest BCUT2D eigenvalue weighted by atomic mass is 32.1. The van der Waals surface area contributed by atoms with Crippen LogP contribution < -0.4 is 5.32 Å². The van der Waals surface area contributed by atoms with E-state index in [1.807, 2.05) is 0 Å². The topological polar surface area (TPSA) is 118 Å². The Morgan fingerprint density at radius 2 is 2.05 bits per heavy atom. The van der Waals surface area contributed by atoms with E-state index in [0.29, 0.717) is 15.6 Å². The van der Waals surface area contributed by atoms with E-state index in [9.17, 15) is 14.9 Å². The summed E-state index contributed by atoms with van der Waals surface area (Å²) < 4.78 is 0. The zero-order chi connectivity index (χ0) is 13.8. The molecule has 0 spiro atoms. The van der Waals surface area contributed by atoms with Crippen LogP contribution in [0.2, 0.25) is 0 Å². The van der Waals surface area contributed by atoms with Gasteiger partial charge in [0, 0.05) is 17.7 Å². The lowest BCUT2D eigenvalue weighted by molar-refractivity contribution is -0.384. The van der Waals surface area contributed by atoms with Crippen molar-refractivity contribution in [2.75, 3.05) is 0 Å². The van der Waals surface area contributed by atoms with E-state index in [4.69, 9.17) is 5.11 Å². The first-order valence-corrected chi connectivity index (χ1v) is 5.92. The highest BCUT2D eigenvalue weighted by Gasteiger charge is 2.10. The van der Waals surface area contributed by atoms with Gasteiger partial charge in [0.05, 0.1) is 11.5 Å². The van der Waals surface area contributed by atoms with Gasteiger partial charge in [-0.05, 0) is 12.1 Å². The Bertz CT molecular complexity index is 610. The van der Waals surface area contributed by atoms with Crippen molar-refractivity contribution >= 4 is 23.1 Å². The van der Waals surface area contributed by atoms with Gasteiger partial charge in [0.25, 0.3) is 5.69 Å². The SMILES string of the molecule is O=C(O)NCc1nnc(-c2ccc([N+](=O)[O-])cc2)s1. The van der Waals surface area contributed by atoms with Gasteiger partial charge in [-0.3, -0.25) is 10.1 Å². The molecule has 0 radical (unpaired) electrons. The van der Waals surface area contributed by atoms with Crippen molar-refractivity contribution in [3.63, 3.8) is 0 Å². The molecule has 98 valence electrons. The fourth-order valence-electron chi connectivity index (χ4n) is 1.32. The Morgan fingerprint density at radius 3 is 2.63 bits per heavy atom. The molecule has 0 saturated carbocycles. The predicted molar refractivity (Wildman–Crippen MR) is 66.9 cm³/mol. The number of nitrogens with one attached hydrogen (secondary N) is 1. The second kappa shape index (κ2) is 5.40. The van der Waals surface area contributed by atoms with Gasteiger partial charge >= 0.3 is 6.09 Å². The molecule has 19 heavy (non-hydrogen) atoms. The molecule has 2 rings (SSSR count). The van der Waals surface area contributed by atoms with Gasteiger partial charge in [0.15, 0.2) is 0 Å². The van der Waals surface area contributed by atoms with Crippen LogP contribution in [0, 0.1) is 10.1 Å². The summed E-state index contributed by atoms with van der Waals surface area (Å²) in [7, 11) is 0. The van der Waals surface area contributed by atoms with E-state index in [2.05, 4.69) is 15.5 Å². The summed E-state index contributed by atoms with van der Waals surface area (Å²) in [4.78, 5) is 20.4. The van der Waals surface area contributed by atoms with Crippen molar-refractivity contribution < 1.29 is 14.8 Å². The van der Waals surface area contributed by atoms with Crippen molar-refractivity contribution in [2.45, 2.75) is 6.54 Å². The molecule has 0 aliphatic heterocycles. The van der Waals surface area contributed by atoms with Gasteiger partial charge in [-0.1, -0.05) is 11.3 Å². The standard InChI is InChI=1S/C10H8N4O4S/c15-10(16)11-5-8-12-13-9(19-8)6-1-3-7(4-2-6)14(17)18/h1-4,11H,5H2,(H,15,16). The minimum absolute atomic E-state index is 0.000956. The van der Waals surface area contributed by atoms with E-state index in [1.54, 1.807) is 12.1 Å². The lowest BCUT2D eigenvalue weighted by atomic mass is 10.2. The Morgan fingerprint density at radius 1 is 1.37 bits per heavy atom. The minimum atomic E-state index is -1.13. The Balaban J connectivity index is 2.13. The summed E-state index contributed by atoms with van der Waals surface area (Å²) >= 11 is 1.22. The maximum Gasteiger partial charge on any atom is 0.405 e. The first kappa shape index (κ1) is 12.9. The molecular formula is C10H8N4O4S. The second-order valence-electron chi connectivity index (χ2n) is 3.46. The van der Waals surface area contributed by atoms with E-state index in [0.717, 1.165) is 0 Å². The van der Waals surface area contributed by atoms with Crippen LogP contribution >= 0.6 is 11.3 Å². The Hall–Kier alpha value is -2.55. The number of benzene rings is 1. The smallest absolute Gasteiger partial charge is 0.405 e. The number of nitrogens with zero attached hydrogens (tertiary/aromatic N) is 3. The van der Waals surface area contributed by atoms with Gasteiger partial charge in [-0.2, -0.15) is 0 Å². The molecule has 0 unspecified atom stereocenters. The van der Waals surface area contributed by atoms with Crippen LogP contribution in [0.5, 0.6) is 0 Å². The van der Waals surface area contributed by atoms with E-state index >= 15 is 0 Å². The molecule has 1 aromatic carbocycles. The number of hydrogen-bond donors (Lipinski definition) is 2. The number of carboxylic acid groups (broad SMARTS) is 1. The van der Waals surface area contributed by atoms with Gasteiger partial charge in [-0.25, -0.2) is 4.79 Å². The number of carbonyl (C=O) groups is 1. The second-order valence-corrected chi connectivity index (χ2v) is 4.53. The molecule has 2 N–H and O–H groups in total. The van der Waals surface area contributed by atoms with Gasteiger partial charge < -0.3 is 10.4 Å². The first-order valence-electron chi connectivity index (χ1n) is 5.10. The molecule has 0 atom stereocenters. The number of hydrogen-bond acceptors (Lipinski definition) is 6. The number of nitro benzene ring substituents is 1. The van der Waals surface area contributed by atoms with Crippen LogP contribution in [0.4, 0.5) is 10.5 Å². The quantitative estimate of drug-likeness (QED) is 0.652. The summed E-state index contributed by atoms with van der Waals surface area (Å²) in [5.41, 5.74) is 0.700. The van der Waals surface area contributed by atoms with E-state index in [-0.39, 0.29) is 12.2 Å². The van der Waals surface area contributed by atoms with E-state index in [1.165, 1.54) is 23.5 Å². The fraction of sp³-hybridized carbons (Fsp3) is 0.100. The summed E-state index contributed by atoms with van der Waals surface area (Å²) in [5, 5.41) is 30.0. The minimum Gasteiger partial charge on any atom is -0.465 e. The molecule has 0 saturated heterocycles. The van der Waals surface area contributed by atoms with Crippen LogP contribution in [0.15, 0.2) is 24.3 Å². The molecule has 0 aliphatic rings. The zero-order valence-corrected chi connectivity index (χ0v) is 10.3. The number of rotatable bonds is 4. The number of aromatic nitrogens is 2. The summed E-state index contributed by atoms with van der Waals surface area (Å²) in [5.74, 6) is 0. The maximum absolute atomic E-state index is 10.5. The molecule has 1 aromatic heterocycles. The summed E-state index contributed by atoms with van der Waals surface area (Å²) in [6.07, 6.45) is -1.13. The van der Waals surface area contributed by atoms with Crippen molar-refractivity contribution in [3.8, 4) is 10.6 Å². The van der Waals surface area contributed by atoms with Crippen LogP contribution in [0.3, 0.4) is 0 Å².